The third-order valence-electron chi connectivity index (χ3n) is 3.39. The highest BCUT2D eigenvalue weighted by Gasteiger charge is 2.19. The molecule has 5 heteroatoms. The van der Waals surface area contributed by atoms with Crippen LogP contribution in [-0.2, 0) is 13.0 Å². The van der Waals surface area contributed by atoms with Gasteiger partial charge in [0.15, 0.2) is 0 Å². The Morgan fingerprint density at radius 3 is 3.17 bits per heavy atom. The van der Waals surface area contributed by atoms with Crippen molar-refractivity contribution in [1.82, 2.24) is 14.9 Å². The SMILES string of the molecule is Clc1ccc(CCn2cncc2C2CCCN2)s1. The minimum absolute atomic E-state index is 0.486. The van der Waals surface area contributed by atoms with E-state index in [0.717, 1.165) is 23.8 Å². The van der Waals surface area contributed by atoms with Crippen molar-refractivity contribution >= 4 is 22.9 Å². The summed E-state index contributed by atoms with van der Waals surface area (Å²) >= 11 is 7.61. The molecule has 0 bridgehead atoms. The van der Waals surface area contributed by atoms with Gasteiger partial charge in [-0.3, -0.25) is 0 Å². The number of hydrogen-bond acceptors (Lipinski definition) is 3. The summed E-state index contributed by atoms with van der Waals surface area (Å²) in [5.41, 5.74) is 1.31. The quantitative estimate of drug-likeness (QED) is 0.932. The van der Waals surface area contributed by atoms with Gasteiger partial charge in [-0.05, 0) is 37.9 Å². The Bertz CT molecular complexity index is 514. The molecule has 1 saturated heterocycles. The van der Waals surface area contributed by atoms with E-state index >= 15 is 0 Å². The lowest BCUT2D eigenvalue weighted by Crippen LogP contribution is -2.17. The van der Waals surface area contributed by atoms with Gasteiger partial charge in [-0.25, -0.2) is 4.98 Å². The highest BCUT2D eigenvalue weighted by Crippen LogP contribution is 2.24. The van der Waals surface area contributed by atoms with Gasteiger partial charge in [0.25, 0.3) is 0 Å². The van der Waals surface area contributed by atoms with E-state index in [9.17, 15) is 0 Å². The Hall–Kier alpha value is -0.840. The normalized spacial score (nSPS) is 19.5. The molecule has 1 unspecified atom stereocenters. The van der Waals surface area contributed by atoms with Crippen molar-refractivity contribution in [2.75, 3.05) is 6.54 Å². The van der Waals surface area contributed by atoms with Crippen LogP contribution in [0.4, 0.5) is 0 Å². The monoisotopic (exact) mass is 281 g/mol. The van der Waals surface area contributed by atoms with E-state index in [2.05, 4.69) is 20.9 Å². The zero-order chi connectivity index (χ0) is 12.4. The Morgan fingerprint density at radius 2 is 2.44 bits per heavy atom. The topological polar surface area (TPSA) is 29.9 Å². The zero-order valence-corrected chi connectivity index (χ0v) is 11.7. The molecule has 0 spiro atoms. The average Bonchev–Trinajstić information content (AvgIpc) is 3.07. The Kier molecular flexibility index (Phi) is 3.68. The number of nitrogens with one attached hydrogen (secondary N) is 1. The Balaban J connectivity index is 1.67. The maximum absolute atomic E-state index is 5.95. The summed E-state index contributed by atoms with van der Waals surface area (Å²) < 4.78 is 3.13. The van der Waals surface area contributed by atoms with E-state index < -0.39 is 0 Å². The van der Waals surface area contributed by atoms with Crippen LogP contribution >= 0.6 is 22.9 Å². The van der Waals surface area contributed by atoms with Gasteiger partial charge < -0.3 is 9.88 Å². The van der Waals surface area contributed by atoms with Gasteiger partial charge in [0, 0.05) is 23.7 Å². The molecule has 0 aromatic carbocycles. The minimum atomic E-state index is 0.486. The van der Waals surface area contributed by atoms with E-state index in [0.29, 0.717) is 6.04 Å². The summed E-state index contributed by atoms with van der Waals surface area (Å²) in [6.07, 6.45) is 7.43. The molecule has 3 heterocycles. The molecular formula is C13H16ClN3S. The fraction of sp³-hybridized carbons (Fsp3) is 0.462. The first-order valence-electron chi connectivity index (χ1n) is 6.30. The molecule has 0 amide bonds. The predicted octanol–water partition coefficient (Wildman–Crippen LogP) is 3.27. The lowest BCUT2D eigenvalue weighted by molar-refractivity contribution is 0.564. The molecule has 2 aromatic rings. The molecule has 1 aliphatic rings. The van der Waals surface area contributed by atoms with Gasteiger partial charge in [0.1, 0.15) is 0 Å². The highest BCUT2D eigenvalue weighted by molar-refractivity contribution is 7.16. The Labute approximate surface area is 116 Å². The second kappa shape index (κ2) is 5.43. The van der Waals surface area contributed by atoms with Crippen LogP contribution in [0.15, 0.2) is 24.7 Å². The van der Waals surface area contributed by atoms with Crippen molar-refractivity contribution in [3.63, 3.8) is 0 Å². The molecule has 96 valence electrons. The number of rotatable bonds is 4. The first-order chi connectivity index (χ1) is 8.83. The van der Waals surface area contributed by atoms with E-state index in [1.807, 2.05) is 18.6 Å². The van der Waals surface area contributed by atoms with Gasteiger partial charge in [-0.2, -0.15) is 0 Å². The van der Waals surface area contributed by atoms with Gasteiger partial charge in [-0.1, -0.05) is 11.6 Å². The fourth-order valence-electron chi connectivity index (χ4n) is 2.46. The highest BCUT2D eigenvalue weighted by atomic mass is 35.5. The van der Waals surface area contributed by atoms with Crippen molar-refractivity contribution in [2.45, 2.75) is 31.8 Å². The lowest BCUT2D eigenvalue weighted by atomic mass is 10.2. The predicted molar refractivity (Wildman–Crippen MR) is 75.2 cm³/mol. The second-order valence-electron chi connectivity index (χ2n) is 4.62. The standard InChI is InChI=1S/C13H16ClN3S/c14-13-4-3-10(18-13)5-7-17-9-15-8-12(17)11-2-1-6-16-11/h3-4,8-9,11,16H,1-2,5-7H2. The maximum atomic E-state index is 5.95. The summed E-state index contributed by atoms with van der Waals surface area (Å²) in [4.78, 5) is 5.62. The van der Waals surface area contributed by atoms with Crippen molar-refractivity contribution in [1.29, 1.82) is 0 Å². The van der Waals surface area contributed by atoms with Gasteiger partial charge >= 0.3 is 0 Å². The molecule has 2 aromatic heterocycles. The van der Waals surface area contributed by atoms with Crippen LogP contribution in [0, 0.1) is 0 Å². The van der Waals surface area contributed by atoms with E-state index in [1.165, 1.54) is 23.4 Å². The van der Waals surface area contributed by atoms with Crippen LogP contribution in [0.25, 0.3) is 0 Å². The number of hydrogen-bond donors (Lipinski definition) is 1. The molecule has 18 heavy (non-hydrogen) atoms. The van der Waals surface area contributed by atoms with E-state index in [4.69, 9.17) is 11.6 Å². The number of halogens is 1. The number of imidazole rings is 1. The molecule has 0 aliphatic carbocycles. The van der Waals surface area contributed by atoms with Crippen LogP contribution < -0.4 is 5.32 Å². The first kappa shape index (κ1) is 12.2. The van der Waals surface area contributed by atoms with Crippen molar-refractivity contribution in [3.8, 4) is 0 Å². The first-order valence-corrected chi connectivity index (χ1v) is 7.50. The molecule has 1 aliphatic heterocycles. The third kappa shape index (κ3) is 2.60. The minimum Gasteiger partial charge on any atom is -0.333 e. The molecule has 3 nitrogen and oxygen atoms in total. The molecule has 1 N–H and O–H groups in total. The molecular weight excluding hydrogens is 266 g/mol. The van der Waals surface area contributed by atoms with Crippen LogP contribution in [0.2, 0.25) is 4.34 Å². The number of aryl methyl sites for hydroxylation is 2. The summed E-state index contributed by atoms with van der Waals surface area (Å²) in [6, 6.07) is 4.56. The van der Waals surface area contributed by atoms with E-state index in [1.54, 1.807) is 11.3 Å². The summed E-state index contributed by atoms with van der Waals surface area (Å²) in [6.45, 7) is 2.10. The zero-order valence-electron chi connectivity index (χ0n) is 10.1. The van der Waals surface area contributed by atoms with Gasteiger partial charge in [-0.15, -0.1) is 11.3 Å². The lowest BCUT2D eigenvalue weighted by Gasteiger charge is -2.13. The third-order valence-corrected chi connectivity index (χ3v) is 4.68. The van der Waals surface area contributed by atoms with Gasteiger partial charge in [0.2, 0.25) is 0 Å². The van der Waals surface area contributed by atoms with Crippen LogP contribution in [0.3, 0.4) is 0 Å². The summed E-state index contributed by atoms with van der Waals surface area (Å²) in [5, 5.41) is 3.52. The number of thiophene rings is 1. The summed E-state index contributed by atoms with van der Waals surface area (Å²) in [7, 11) is 0. The molecule has 1 atom stereocenters. The van der Waals surface area contributed by atoms with Crippen molar-refractivity contribution in [2.24, 2.45) is 0 Å². The van der Waals surface area contributed by atoms with E-state index in [-0.39, 0.29) is 0 Å². The molecule has 0 saturated carbocycles. The van der Waals surface area contributed by atoms with Crippen molar-refractivity contribution < 1.29 is 0 Å². The van der Waals surface area contributed by atoms with Crippen LogP contribution in [-0.4, -0.2) is 16.1 Å². The largest absolute Gasteiger partial charge is 0.333 e. The smallest absolute Gasteiger partial charge is 0.0948 e. The fourth-order valence-corrected chi connectivity index (χ4v) is 3.54. The van der Waals surface area contributed by atoms with Crippen LogP contribution in [0.1, 0.15) is 29.5 Å². The second-order valence-corrected chi connectivity index (χ2v) is 6.42. The van der Waals surface area contributed by atoms with Crippen LogP contribution in [0.5, 0.6) is 0 Å². The molecule has 1 fully saturated rings. The van der Waals surface area contributed by atoms with Crippen molar-refractivity contribution in [3.05, 3.63) is 39.6 Å². The summed E-state index contributed by atoms with van der Waals surface area (Å²) in [5.74, 6) is 0. The number of nitrogens with zero attached hydrogens (tertiary/aromatic N) is 2. The number of aromatic nitrogens is 2. The maximum Gasteiger partial charge on any atom is 0.0948 e. The van der Waals surface area contributed by atoms with Gasteiger partial charge in [0.05, 0.1) is 16.4 Å². The molecule has 3 rings (SSSR count). The average molecular weight is 282 g/mol. The molecule has 0 radical (unpaired) electrons. The Morgan fingerprint density at radius 1 is 1.50 bits per heavy atom.